The molecule has 1 atom stereocenters. The number of fused-ring (bicyclic) bond motifs is 2. The molecule has 3 aromatic carbocycles. The van der Waals surface area contributed by atoms with E-state index in [1.54, 1.807) is 0 Å². The fourth-order valence-electron chi connectivity index (χ4n) is 5.76. The molecule has 1 amide bonds. The average molecular weight is 475 g/mol. The summed E-state index contributed by atoms with van der Waals surface area (Å²) in [6.45, 7) is 5.56. The first kappa shape index (κ1) is 21.5. The number of likely N-dealkylation sites (tertiary alicyclic amines) is 1. The molecule has 7 rings (SSSR count). The van der Waals surface area contributed by atoms with Gasteiger partial charge in [0.1, 0.15) is 5.82 Å². The standard InChI is InChI=1S/C31H30N4O/c1-20-2-11-28-29(14-20)35(19-21-12-13-34(18-21)31(36)24-7-8-24)30(33-28)23-5-3-22(4-6-23)25-9-10-26-16-32-17-27(26)15-25/h2-6,9-11,14-15,17,21,24H,7-8,12-13,16,18-19H2,1H3/t21-/m1/s1. The number of benzene rings is 3. The van der Waals surface area contributed by atoms with E-state index in [2.05, 4.69) is 82.0 Å². The molecule has 0 radical (unpaired) electrons. The van der Waals surface area contributed by atoms with Gasteiger partial charge in [0.15, 0.2) is 0 Å². The minimum Gasteiger partial charge on any atom is -0.342 e. The van der Waals surface area contributed by atoms with Gasteiger partial charge in [0.05, 0.1) is 17.6 Å². The number of hydrogen-bond donors (Lipinski definition) is 0. The van der Waals surface area contributed by atoms with Gasteiger partial charge in [0.25, 0.3) is 0 Å². The van der Waals surface area contributed by atoms with E-state index < -0.39 is 0 Å². The molecule has 180 valence electrons. The minimum atomic E-state index is 0.299. The molecule has 5 nitrogen and oxygen atoms in total. The number of carbonyl (C=O) groups is 1. The fourth-order valence-corrected chi connectivity index (χ4v) is 5.76. The molecule has 3 heterocycles. The minimum absolute atomic E-state index is 0.299. The van der Waals surface area contributed by atoms with Gasteiger partial charge < -0.3 is 9.47 Å². The van der Waals surface area contributed by atoms with Crippen molar-refractivity contribution in [1.29, 1.82) is 0 Å². The summed E-state index contributed by atoms with van der Waals surface area (Å²) in [5.41, 5.74) is 9.50. The number of nitrogens with zero attached hydrogens (tertiary/aromatic N) is 4. The highest BCUT2D eigenvalue weighted by molar-refractivity contribution is 5.87. The van der Waals surface area contributed by atoms with Crippen LogP contribution in [0, 0.1) is 18.8 Å². The van der Waals surface area contributed by atoms with Gasteiger partial charge >= 0.3 is 0 Å². The summed E-state index contributed by atoms with van der Waals surface area (Å²) in [4.78, 5) is 24.2. The lowest BCUT2D eigenvalue weighted by molar-refractivity contribution is -0.131. The zero-order chi connectivity index (χ0) is 24.2. The maximum atomic E-state index is 12.6. The van der Waals surface area contributed by atoms with E-state index >= 15 is 0 Å². The molecular weight excluding hydrogens is 444 g/mol. The van der Waals surface area contributed by atoms with Crippen molar-refractivity contribution in [2.75, 3.05) is 13.1 Å². The van der Waals surface area contributed by atoms with Crippen LogP contribution in [0.3, 0.4) is 0 Å². The Bertz CT molecular complexity index is 1510. The van der Waals surface area contributed by atoms with Crippen molar-refractivity contribution < 1.29 is 4.79 Å². The number of rotatable bonds is 5. The monoisotopic (exact) mass is 474 g/mol. The summed E-state index contributed by atoms with van der Waals surface area (Å²) >= 11 is 0. The summed E-state index contributed by atoms with van der Waals surface area (Å²) in [5, 5.41) is 0. The summed E-state index contributed by atoms with van der Waals surface area (Å²) in [6.07, 6.45) is 5.18. The van der Waals surface area contributed by atoms with E-state index in [1.165, 1.54) is 33.3 Å². The van der Waals surface area contributed by atoms with E-state index in [0.717, 1.165) is 62.3 Å². The molecule has 1 saturated carbocycles. The van der Waals surface area contributed by atoms with Gasteiger partial charge in [-0.2, -0.15) is 0 Å². The maximum absolute atomic E-state index is 12.6. The summed E-state index contributed by atoms with van der Waals surface area (Å²) in [7, 11) is 0. The van der Waals surface area contributed by atoms with Crippen molar-refractivity contribution in [3.05, 3.63) is 77.4 Å². The van der Waals surface area contributed by atoms with E-state index in [9.17, 15) is 4.79 Å². The summed E-state index contributed by atoms with van der Waals surface area (Å²) in [5.74, 6) is 2.14. The Hall–Kier alpha value is -3.73. The number of aliphatic imine (C=N–C) groups is 1. The highest BCUT2D eigenvalue weighted by Crippen LogP contribution is 2.34. The zero-order valence-electron chi connectivity index (χ0n) is 20.7. The van der Waals surface area contributed by atoms with Crippen LogP contribution in [0.25, 0.3) is 33.5 Å². The second kappa shape index (κ2) is 8.44. The van der Waals surface area contributed by atoms with Crippen LogP contribution in [-0.2, 0) is 17.9 Å². The molecule has 1 aliphatic carbocycles. The van der Waals surface area contributed by atoms with E-state index in [1.807, 2.05) is 6.21 Å². The lowest BCUT2D eigenvalue weighted by Crippen LogP contribution is -2.30. The third-order valence-electron chi connectivity index (χ3n) is 7.98. The molecule has 2 fully saturated rings. The largest absolute Gasteiger partial charge is 0.342 e. The Labute approximate surface area is 211 Å². The molecular formula is C31H30N4O. The smallest absolute Gasteiger partial charge is 0.225 e. The molecule has 0 unspecified atom stereocenters. The zero-order valence-corrected chi connectivity index (χ0v) is 20.7. The molecule has 4 aromatic rings. The van der Waals surface area contributed by atoms with Crippen LogP contribution < -0.4 is 0 Å². The van der Waals surface area contributed by atoms with Crippen LogP contribution in [0.1, 0.15) is 36.0 Å². The molecule has 0 spiro atoms. The number of aromatic nitrogens is 2. The molecule has 3 aliphatic rings. The Morgan fingerprint density at radius 1 is 0.944 bits per heavy atom. The van der Waals surface area contributed by atoms with Crippen LogP contribution in [0.4, 0.5) is 0 Å². The predicted molar refractivity (Wildman–Crippen MR) is 144 cm³/mol. The van der Waals surface area contributed by atoms with Gasteiger partial charge in [-0.05, 0) is 78.1 Å². The quantitative estimate of drug-likeness (QED) is 0.363. The van der Waals surface area contributed by atoms with E-state index in [4.69, 9.17) is 4.98 Å². The van der Waals surface area contributed by atoms with Gasteiger partial charge in [-0.1, -0.05) is 42.5 Å². The highest BCUT2D eigenvalue weighted by atomic mass is 16.2. The Balaban J connectivity index is 1.20. The van der Waals surface area contributed by atoms with Crippen molar-refractivity contribution in [3.8, 4) is 22.5 Å². The van der Waals surface area contributed by atoms with Crippen LogP contribution >= 0.6 is 0 Å². The molecule has 1 saturated heterocycles. The van der Waals surface area contributed by atoms with E-state index in [0.29, 0.717) is 17.7 Å². The predicted octanol–water partition coefficient (Wildman–Crippen LogP) is 5.87. The van der Waals surface area contributed by atoms with Crippen molar-refractivity contribution in [1.82, 2.24) is 14.5 Å². The van der Waals surface area contributed by atoms with Gasteiger partial charge in [-0.15, -0.1) is 0 Å². The first-order chi connectivity index (χ1) is 17.6. The van der Waals surface area contributed by atoms with Gasteiger partial charge in [-0.3, -0.25) is 9.79 Å². The van der Waals surface area contributed by atoms with Crippen LogP contribution in [0.5, 0.6) is 0 Å². The first-order valence-electron chi connectivity index (χ1n) is 13.1. The maximum Gasteiger partial charge on any atom is 0.225 e. The van der Waals surface area contributed by atoms with Crippen molar-refractivity contribution in [2.45, 2.75) is 39.3 Å². The van der Waals surface area contributed by atoms with Crippen molar-refractivity contribution >= 4 is 23.2 Å². The molecule has 36 heavy (non-hydrogen) atoms. The van der Waals surface area contributed by atoms with Crippen LogP contribution in [0.15, 0.2) is 65.7 Å². The Kier molecular flexibility index (Phi) is 5.05. The van der Waals surface area contributed by atoms with E-state index in [-0.39, 0.29) is 0 Å². The Morgan fingerprint density at radius 2 is 1.75 bits per heavy atom. The number of imidazole rings is 1. The molecule has 0 bridgehead atoms. The second-order valence-corrected chi connectivity index (χ2v) is 10.7. The Morgan fingerprint density at radius 3 is 2.58 bits per heavy atom. The van der Waals surface area contributed by atoms with Gasteiger partial charge in [0.2, 0.25) is 5.91 Å². The van der Waals surface area contributed by atoms with Crippen molar-refractivity contribution in [2.24, 2.45) is 16.8 Å². The van der Waals surface area contributed by atoms with Gasteiger partial charge in [-0.25, -0.2) is 4.98 Å². The SMILES string of the molecule is Cc1ccc2nc(-c3ccc(-c4ccc5c(c4)C=NC5)cc3)n(C[C@@H]3CCN(C(=O)C4CC4)C3)c2c1. The van der Waals surface area contributed by atoms with Crippen LogP contribution in [0.2, 0.25) is 0 Å². The summed E-state index contributed by atoms with van der Waals surface area (Å²) < 4.78 is 2.39. The number of amides is 1. The fraction of sp³-hybridized carbons (Fsp3) is 0.323. The van der Waals surface area contributed by atoms with Crippen molar-refractivity contribution in [3.63, 3.8) is 0 Å². The molecule has 1 aromatic heterocycles. The molecule has 0 N–H and O–H groups in total. The van der Waals surface area contributed by atoms with Gasteiger partial charge in [0, 0.05) is 37.3 Å². The number of carbonyl (C=O) groups excluding carboxylic acids is 1. The first-order valence-corrected chi connectivity index (χ1v) is 13.1. The number of hydrogen-bond acceptors (Lipinski definition) is 3. The third-order valence-corrected chi connectivity index (χ3v) is 7.98. The number of aryl methyl sites for hydroxylation is 1. The topological polar surface area (TPSA) is 50.5 Å². The third kappa shape index (κ3) is 3.83. The van der Waals surface area contributed by atoms with Crippen LogP contribution in [-0.4, -0.2) is 39.7 Å². The lowest BCUT2D eigenvalue weighted by Gasteiger charge is -2.18. The highest BCUT2D eigenvalue weighted by Gasteiger charge is 2.36. The normalized spacial score (nSPS) is 18.8. The lowest BCUT2D eigenvalue weighted by atomic mass is 9.99. The molecule has 5 heteroatoms. The second-order valence-electron chi connectivity index (χ2n) is 10.7. The summed E-state index contributed by atoms with van der Waals surface area (Å²) in [6, 6.07) is 21.9. The molecule has 2 aliphatic heterocycles. The average Bonchev–Trinajstić information content (AvgIpc) is 3.30.